The Morgan fingerprint density at radius 3 is 2.67 bits per heavy atom. The molecule has 2 heterocycles. The molecule has 0 radical (unpaired) electrons. The number of nitrogens with zero attached hydrogens (tertiary/aromatic N) is 1. The highest BCUT2D eigenvalue weighted by Gasteiger charge is 2.31. The van der Waals surface area contributed by atoms with Crippen LogP contribution < -0.4 is 5.32 Å². The number of carbonyl (C=O) groups excluding carboxylic acids is 1. The fourth-order valence-corrected chi connectivity index (χ4v) is 2.36. The topological polar surface area (TPSA) is 50.8 Å². The lowest BCUT2D eigenvalue weighted by atomic mass is 10.0. The van der Waals surface area contributed by atoms with Crippen LogP contribution in [0.5, 0.6) is 0 Å². The van der Waals surface area contributed by atoms with Gasteiger partial charge in [0.1, 0.15) is 5.60 Å². The Morgan fingerprint density at radius 1 is 1.39 bits per heavy atom. The summed E-state index contributed by atoms with van der Waals surface area (Å²) in [7, 11) is 0. The number of hydrogen-bond donors (Lipinski definition) is 1. The van der Waals surface area contributed by atoms with Gasteiger partial charge in [-0.15, -0.1) is 0 Å². The predicted molar refractivity (Wildman–Crippen MR) is 68.6 cm³/mol. The van der Waals surface area contributed by atoms with E-state index in [4.69, 9.17) is 9.47 Å². The molecule has 0 aromatic carbocycles. The van der Waals surface area contributed by atoms with E-state index in [1.807, 2.05) is 20.8 Å². The van der Waals surface area contributed by atoms with Gasteiger partial charge in [-0.3, -0.25) is 4.90 Å². The number of ether oxygens (including phenoxy) is 2. The quantitative estimate of drug-likeness (QED) is 0.811. The number of carbonyl (C=O) groups is 1. The van der Waals surface area contributed by atoms with Crippen molar-refractivity contribution in [3.05, 3.63) is 0 Å². The van der Waals surface area contributed by atoms with Gasteiger partial charge in [0.25, 0.3) is 0 Å². The molecular formula is C13H24N2O3. The Bertz CT molecular complexity index is 297. The Labute approximate surface area is 109 Å². The molecule has 18 heavy (non-hydrogen) atoms. The normalized spacial score (nSPS) is 26.5. The summed E-state index contributed by atoms with van der Waals surface area (Å²) in [5.41, 5.74) is -0.430. The first-order valence-corrected chi connectivity index (χ1v) is 6.75. The molecular weight excluding hydrogens is 232 g/mol. The predicted octanol–water partition coefficient (Wildman–Crippen LogP) is 1.37. The van der Waals surface area contributed by atoms with Crippen LogP contribution in [0.2, 0.25) is 0 Å². The van der Waals surface area contributed by atoms with Crippen molar-refractivity contribution in [2.75, 3.05) is 26.3 Å². The summed E-state index contributed by atoms with van der Waals surface area (Å²) in [5, 5.41) is 2.96. The van der Waals surface area contributed by atoms with Gasteiger partial charge in [-0.25, -0.2) is 4.79 Å². The first-order chi connectivity index (χ1) is 8.44. The highest BCUT2D eigenvalue weighted by Crippen LogP contribution is 2.18. The Kier molecular flexibility index (Phi) is 4.12. The van der Waals surface area contributed by atoms with Crippen molar-refractivity contribution in [2.45, 2.75) is 51.3 Å². The smallest absolute Gasteiger partial charge is 0.407 e. The van der Waals surface area contributed by atoms with E-state index in [1.165, 1.54) is 0 Å². The molecule has 0 saturated carbocycles. The summed E-state index contributed by atoms with van der Waals surface area (Å²) in [5.74, 6) is 0. The van der Waals surface area contributed by atoms with Crippen LogP contribution in [-0.2, 0) is 9.47 Å². The number of piperidine rings is 1. The fraction of sp³-hybridized carbons (Fsp3) is 0.923. The molecule has 0 aromatic rings. The van der Waals surface area contributed by atoms with Gasteiger partial charge in [0.05, 0.1) is 19.3 Å². The molecule has 1 amide bonds. The second kappa shape index (κ2) is 5.45. The maximum atomic E-state index is 11.7. The molecule has 1 N–H and O–H groups in total. The average molecular weight is 256 g/mol. The van der Waals surface area contributed by atoms with Gasteiger partial charge in [-0.1, -0.05) is 0 Å². The van der Waals surface area contributed by atoms with Gasteiger partial charge in [0.2, 0.25) is 0 Å². The number of hydrogen-bond acceptors (Lipinski definition) is 4. The molecule has 2 aliphatic heterocycles. The summed E-state index contributed by atoms with van der Waals surface area (Å²) in [6.07, 6.45) is 1.85. The van der Waals surface area contributed by atoms with Crippen molar-refractivity contribution >= 4 is 6.09 Å². The summed E-state index contributed by atoms with van der Waals surface area (Å²) >= 11 is 0. The van der Waals surface area contributed by atoms with Crippen LogP contribution >= 0.6 is 0 Å². The molecule has 0 spiro atoms. The SMILES string of the molecule is CC(C)(C)OC(=O)NC1CCCN(C2COC2)C1. The molecule has 2 saturated heterocycles. The van der Waals surface area contributed by atoms with Crippen LogP contribution in [0, 0.1) is 0 Å². The monoisotopic (exact) mass is 256 g/mol. The van der Waals surface area contributed by atoms with Crippen molar-refractivity contribution in [3.63, 3.8) is 0 Å². The molecule has 0 bridgehead atoms. The second-order valence-electron chi connectivity index (χ2n) is 6.17. The molecule has 104 valence electrons. The molecule has 5 nitrogen and oxygen atoms in total. The third-order valence-electron chi connectivity index (χ3n) is 3.31. The lowest BCUT2D eigenvalue weighted by Gasteiger charge is -2.42. The van der Waals surface area contributed by atoms with E-state index in [1.54, 1.807) is 0 Å². The maximum absolute atomic E-state index is 11.7. The minimum absolute atomic E-state index is 0.203. The van der Waals surface area contributed by atoms with E-state index >= 15 is 0 Å². The van der Waals surface area contributed by atoms with Crippen molar-refractivity contribution in [2.24, 2.45) is 0 Å². The van der Waals surface area contributed by atoms with E-state index in [-0.39, 0.29) is 12.1 Å². The second-order valence-corrected chi connectivity index (χ2v) is 6.17. The molecule has 2 rings (SSSR count). The molecule has 1 atom stereocenters. The van der Waals surface area contributed by atoms with E-state index in [2.05, 4.69) is 10.2 Å². The molecule has 5 heteroatoms. The minimum Gasteiger partial charge on any atom is -0.444 e. The van der Waals surface area contributed by atoms with Gasteiger partial charge < -0.3 is 14.8 Å². The highest BCUT2D eigenvalue weighted by molar-refractivity contribution is 5.68. The average Bonchev–Trinajstić information content (AvgIpc) is 2.11. The summed E-state index contributed by atoms with van der Waals surface area (Å²) in [6, 6.07) is 0.752. The van der Waals surface area contributed by atoms with Crippen LogP contribution in [0.15, 0.2) is 0 Å². The van der Waals surface area contributed by atoms with E-state index in [0.717, 1.165) is 39.1 Å². The van der Waals surface area contributed by atoms with Gasteiger partial charge in [0.15, 0.2) is 0 Å². The zero-order chi connectivity index (χ0) is 13.2. The highest BCUT2D eigenvalue weighted by atomic mass is 16.6. The van der Waals surface area contributed by atoms with Crippen molar-refractivity contribution in [1.29, 1.82) is 0 Å². The molecule has 2 fully saturated rings. The lowest BCUT2D eigenvalue weighted by Crippen LogP contribution is -2.56. The maximum Gasteiger partial charge on any atom is 0.407 e. The van der Waals surface area contributed by atoms with E-state index in [0.29, 0.717) is 6.04 Å². The zero-order valence-corrected chi connectivity index (χ0v) is 11.6. The lowest BCUT2D eigenvalue weighted by molar-refractivity contribution is -0.0733. The third kappa shape index (κ3) is 3.85. The zero-order valence-electron chi connectivity index (χ0n) is 11.6. The van der Waals surface area contributed by atoms with Crippen LogP contribution in [-0.4, -0.2) is 55.0 Å². The Morgan fingerprint density at radius 2 is 2.11 bits per heavy atom. The number of amides is 1. The van der Waals surface area contributed by atoms with Crippen LogP contribution in [0.25, 0.3) is 0 Å². The van der Waals surface area contributed by atoms with Gasteiger partial charge in [-0.05, 0) is 40.2 Å². The van der Waals surface area contributed by atoms with Gasteiger partial charge in [-0.2, -0.15) is 0 Å². The molecule has 2 aliphatic rings. The third-order valence-corrected chi connectivity index (χ3v) is 3.31. The van der Waals surface area contributed by atoms with E-state index in [9.17, 15) is 4.79 Å². The largest absolute Gasteiger partial charge is 0.444 e. The summed E-state index contributed by atoms with van der Waals surface area (Å²) in [6.45, 7) is 9.33. The number of rotatable bonds is 2. The number of likely N-dealkylation sites (tertiary alicyclic amines) is 1. The van der Waals surface area contributed by atoms with Gasteiger partial charge >= 0.3 is 6.09 Å². The summed E-state index contributed by atoms with van der Waals surface area (Å²) < 4.78 is 10.5. The molecule has 1 unspecified atom stereocenters. The number of alkyl carbamates (subject to hydrolysis) is 1. The summed E-state index contributed by atoms with van der Waals surface area (Å²) in [4.78, 5) is 14.1. The standard InChI is InChI=1S/C13H24N2O3/c1-13(2,3)18-12(16)14-10-5-4-6-15(7-10)11-8-17-9-11/h10-11H,4-9H2,1-3H3,(H,14,16). The van der Waals surface area contributed by atoms with Gasteiger partial charge in [0, 0.05) is 12.6 Å². The minimum atomic E-state index is -0.430. The van der Waals surface area contributed by atoms with Crippen molar-refractivity contribution in [1.82, 2.24) is 10.2 Å². The van der Waals surface area contributed by atoms with Crippen molar-refractivity contribution < 1.29 is 14.3 Å². The van der Waals surface area contributed by atoms with Crippen LogP contribution in [0.1, 0.15) is 33.6 Å². The molecule has 0 aliphatic carbocycles. The Hall–Kier alpha value is -0.810. The number of nitrogens with one attached hydrogen (secondary N) is 1. The first-order valence-electron chi connectivity index (χ1n) is 6.75. The fourth-order valence-electron chi connectivity index (χ4n) is 2.36. The molecule has 0 aromatic heterocycles. The van der Waals surface area contributed by atoms with Crippen LogP contribution in [0.3, 0.4) is 0 Å². The first kappa shape index (κ1) is 13.6. The van der Waals surface area contributed by atoms with Crippen molar-refractivity contribution in [3.8, 4) is 0 Å². The Balaban J connectivity index is 1.76. The van der Waals surface area contributed by atoms with E-state index < -0.39 is 5.60 Å². The van der Waals surface area contributed by atoms with Crippen LogP contribution in [0.4, 0.5) is 4.79 Å².